The number of rotatable bonds is 4. The van der Waals surface area contributed by atoms with Crippen molar-refractivity contribution in [3.63, 3.8) is 0 Å². The number of hydrogen-bond donors (Lipinski definition) is 0. The molecular weight excluding hydrogens is 388 g/mol. The van der Waals surface area contributed by atoms with Crippen molar-refractivity contribution < 1.29 is 4.79 Å². The lowest BCUT2D eigenvalue weighted by Gasteiger charge is -2.22. The third-order valence-electron chi connectivity index (χ3n) is 4.29. The van der Waals surface area contributed by atoms with Crippen molar-refractivity contribution >= 4 is 45.1 Å². The number of halogens is 1. The van der Waals surface area contributed by atoms with Crippen LogP contribution in [-0.4, -0.2) is 32.2 Å². The number of aromatic nitrogens is 3. The maximum absolute atomic E-state index is 13.0. The Morgan fingerprint density at radius 1 is 1.31 bits per heavy atom. The topological polar surface area (TPSA) is 50.5 Å². The molecule has 1 aromatic carbocycles. The zero-order chi connectivity index (χ0) is 18.3. The predicted octanol–water partition coefficient (Wildman–Crippen LogP) is 5.01. The minimum absolute atomic E-state index is 0.0675. The fraction of sp³-hybridized carbons (Fsp3) is 0.167. The van der Waals surface area contributed by atoms with Crippen molar-refractivity contribution in [1.82, 2.24) is 19.3 Å². The van der Waals surface area contributed by atoms with Gasteiger partial charge in [0.2, 0.25) is 0 Å². The lowest BCUT2D eigenvalue weighted by atomic mass is 10.2. The first-order valence-electron chi connectivity index (χ1n) is 7.94. The van der Waals surface area contributed by atoms with Crippen LogP contribution in [0.4, 0.5) is 0 Å². The van der Waals surface area contributed by atoms with E-state index in [0.29, 0.717) is 10.7 Å². The van der Waals surface area contributed by atoms with Crippen LogP contribution < -0.4 is 0 Å². The van der Waals surface area contributed by atoms with Crippen LogP contribution >= 0.6 is 34.3 Å². The van der Waals surface area contributed by atoms with Crippen molar-refractivity contribution in [2.24, 2.45) is 0 Å². The second kappa shape index (κ2) is 6.83. The van der Waals surface area contributed by atoms with Gasteiger partial charge in [-0.05, 0) is 13.0 Å². The van der Waals surface area contributed by atoms with Gasteiger partial charge in [-0.25, -0.2) is 9.97 Å². The van der Waals surface area contributed by atoms with E-state index in [4.69, 9.17) is 11.6 Å². The second-order valence-corrected chi connectivity index (χ2v) is 8.01. The molecular formula is C18H15ClN4OS2. The normalized spacial score (nSPS) is 12.4. The van der Waals surface area contributed by atoms with Gasteiger partial charge in [-0.3, -0.25) is 9.20 Å². The summed E-state index contributed by atoms with van der Waals surface area (Å²) in [5, 5.41) is 5.31. The van der Waals surface area contributed by atoms with Gasteiger partial charge in [0.25, 0.3) is 5.91 Å². The molecule has 0 spiro atoms. The molecule has 26 heavy (non-hydrogen) atoms. The third-order valence-corrected chi connectivity index (χ3v) is 6.40. The first-order valence-corrected chi connectivity index (χ1v) is 10.1. The van der Waals surface area contributed by atoms with E-state index in [1.54, 1.807) is 29.5 Å². The van der Waals surface area contributed by atoms with E-state index in [0.717, 1.165) is 21.2 Å². The van der Waals surface area contributed by atoms with Crippen LogP contribution in [0.25, 0.3) is 16.2 Å². The van der Waals surface area contributed by atoms with Gasteiger partial charge in [-0.1, -0.05) is 29.8 Å². The number of carbonyl (C=O) groups is 1. The lowest BCUT2D eigenvalue weighted by Crippen LogP contribution is -2.30. The molecule has 1 atom stereocenters. The second-order valence-electron chi connectivity index (χ2n) is 5.84. The monoisotopic (exact) mass is 402 g/mol. The molecule has 132 valence electrons. The summed E-state index contributed by atoms with van der Waals surface area (Å²) in [6, 6.07) is 7.47. The smallest absolute Gasteiger partial charge is 0.272 e. The van der Waals surface area contributed by atoms with E-state index >= 15 is 0 Å². The van der Waals surface area contributed by atoms with Gasteiger partial charge in [0.05, 0.1) is 16.8 Å². The molecule has 0 aliphatic carbocycles. The third kappa shape index (κ3) is 2.92. The Morgan fingerprint density at radius 3 is 2.85 bits per heavy atom. The number of amides is 1. The highest BCUT2D eigenvalue weighted by atomic mass is 35.5. The van der Waals surface area contributed by atoms with Gasteiger partial charge >= 0.3 is 0 Å². The van der Waals surface area contributed by atoms with Crippen LogP contribution in [0.15, 0.2) is 47.4 Å². The zero-order valence-corrected chi connectivity index (χ0v) is 16.5. The van der Waals surface area contributed by atoms with Crippen LogP contribution in [0.3, 0.4) is 0 Å². The fourth-order valence-corrected chi connectivity index (χ4v) is 4.52. The maximum Gasteiger partial charge on any atom is 0.272 e. The Labute approximate surface area is 163 Å². The molecule has 4 rings (SSSR count). The van der Waals surface area contributed by atoms with E-state index in [2.05, 4.69) is 9.97 Å². The summed E-state index contributed by atoms with van der Waals surface area (Å²) < 4.78 is 1.83. The van der Waals surface area contributed by atoms with Crippen molar-refractivity contribution in [3.05, 3.63) is 63.1 Å². The molecule has 0 radical (unpaired) electrons. The molecule has 0 saturated carbocycles. The summed E-state index contributed by atoms with van der Waals surface area (Å²) in [4.78, 5) is 24.4. The molecule has 8 heteroatoms. The molecule has 5 nitrogen and oxygen atoms in total. The average Bonchev–Trinajstić information content (AvgIpc) is 3.36. The lowest BCUT2D eigenvalue weighted by molar-refractivity contribution is 0.0736. The summed E-state index contributed by atoms with van der Waals surface area (Å²) in [5.74, 6) is -0.0675. The maximum atomic E-state index is 13.0. The Morgan fingerprint density at radius 2 is 2.12 bits per heavy atom. The highest BCUT2D eigenvalue weighted by Gasteiger charge is 2.24. The number of hydrogen-bond acceptors (Lipinski definition) is 5. The molecule has 0 saturated heterocycles. The van der Waals surface area contributed by atoms with Crippen molar-refractivity contribution in [3.8, 4) is 11.3 Å². The molecule has 0 fully saturated rings. The summed E-state index contributed by atoms with van der Waals surface area (Å²) >= 11 is 9.26. The van der Waals surface area contributed by atoms with Gasteiger partial charge in [0.15, 0.2) is 4.96 Å². The molecule has 4 aromatic rings. The highest BCUT2D eigenvalue weighted by molar-refractivity contribution is 7.15. The van der Waals surface area contributed by atoms with E-state index in [1.165, 1.54) is 11.3 Å². The first kappa shape index (κ1) is 17.2. The minimum Gasteiger partial charge on any atom is -0.331 e. The molecule has 0 N–H and O–H groups in total. The summed E-state index contributed by atoms with van der Waals surface area (Å²) in [6.07, 6.45) is 3.62. The van der Waals surface area contributed by atoms with Crippen molar-refractivity contribution in [2.45, 2.75) is 13.0 Å². The van der Waals surface area contributed by atoms with Gasteiger partial charge in [0, 0.05) is 35.8 Å². The van der Waals surface area contributed by atoms with E-state index in [1.807, 2.05) is 52.5 Å². The summed E-state index contributed by atoms with van der Waals surface area (Å²) in [5.41, 5.74) is 2.20. The average molecular weight is 403 g/mol. The Balaban J connectivity index is 1.69. The molecule has 0 bridgehead atoms. The van der Waals surface area contributed by atoms with Crippen LogP contribution in [0.2, 0.25) is 5.02 Å². The van der Waals surface area contributed by atoms with Gasteiger partial charge in [-0.15, -0.1) is 22.7 Å². The van der Waals surface area contributed by atoms with Crippen LogP contribution in [0, 0.1) is 0 Å². The molecule has 1 amide bonds. The van der Waals surface area contributed by atoms with Crippen LogP contribution in [0.5, 0.6) is 0 Å². The number of benzene rings is 1. The van der Waals surface area contributed by atoms with Crippen LogP contribution in [0.1, 0.15) is 28.5 Å². The van der Waals surface area contributed by atoms with Crippen molar-refractivity contribution in [1.29, 1.82) is 0 Å². The zero-order valence-electron chi connectivity index (χ0n) is 14.1. The molecule has 0 aliphatic heterocycles. The molecule has 3 heterocycles. The summed E-state index contributed by atoms with van der Waals surface area (Å²) in [7, 11) is 1.80. The number of carbonyl (C=O) groups excluding carboxylic acids is 1. The molecule has 1 unspecified atom stereocenters. The fourth-order valence-electron chi connectivity index (χ4n) is 2.70. The van der Waals surface area contributed by atoms with Gasteiger partial charge < -0.3 is 4.90 Å². The van der Waals surface area contributed by atoms with Crippen LogP contribution in [-0.2, 0) is 0 Å². The highest BCUT2D eigenvalue weighted by Crippen LogP contribution is 2.30. The number of fused-ring (bicyclic) bond motifs is 1. The predicted molar refractivity (Wildman–Crippen MR) is 106 cm³/mol. The van der Waals surface area contributed by atoms with E-state index in [-0.39, 0.29) is 11.9 Å². The van der Waals surface area contributed by atoms with Gasteiger partial charge in [-0.2, -0.15) is 0 Å². The largest absolute Gasteiger partial charge is 0.331 e. The molecule has 3 aromatic heterocycles. The Bertz CT molecular complexity index is 1070. The summed E-state index contributed by atoms with van der Waals surface area (Å²) in [6.45, 7) is 1.98. The standard InChI is InChI=1S/C18H15ClN4OS2/c1-11(16-20-7-8-25-16)22(2)17(24)15-10-26-18-21-14(9-23(15)18)12-5-3-4-6-13(12)19/h3-11H,1-2H3. The van der Waals surface area contributed by atoms with Crippen molar-refractivity contribution in [2.75, 3.05) is 7.05 Å². The quantitative estimate of drug-likeness (QED) is 0.482. The number of nitrogens with zero attached hydrogens (tertiary/aromatic N) is 4. The van der Waals surface area contributed by atoms with E-state index < -0.39 is 0 Å². The Hall–Kier alpha value is -2.22. The minimum atomic E-state index is -0.0935. The first-order chi connectivity index (χ1) is 12.6. The van der Waals surface area contributed by atoms with E-state index in [9.17, 15) is 4.79 Å². The van der Waals surface area contributed by atoms with Gasteiger partial charge in [0.1, 0.15) is 10.7 Å². The SMILES string of the molecule is CC(c1nccs1)N(C)C(=O)c1csc2nc(-c3ccccc3Cl)cn12. The Kier molecular flexibility index (Phi) is 4.52. The number of imidazole rings is 1. The number of thiazole rings is 2. The molecule has 0 aliphatic rings.